The average Bonchev–Trinajstić information content (AvgIpc) is 3.05. The van der Waals surface area contributed by atoms with Gasteiger partial charge >= 0.3 is 0 Å². The van der Waals surface area contributed by atoms with Gasteiger partial charge in [-0.3, -0.25) is 9.89 Å². The van der Waals surface area contributed by atoms with Gasteiger partial charge in [0, 0.05) is 23.4 Å². The number of thiazole rings is 1. The van der Waals surface area contributed by atoms with Crippen molar-refractivity contribution in [2.75, 3.05) is 0 Å². The molecule has 6 heteroatoms. The van der Waals surface area contributed by atoms with Crippen molar-refractivity contribution in [2.24, 2.45) is 0 Å². The normalized spacial score (nSPS) is 11.0. The SMILES string of the molecule is CCc1[nH]nc(-c2ccc3nc(C)sc3c2)c1CNC=O. The van der Waals surface area contributed by atoms with E-state index in [1.54, 1.807) is 11.3 Å². The predicted molar refractivity (Wildman–Crippen MR) is 84.2 cm³/mol. The van der Waals surface area contributed by atoms with Crippen LogP contribution in [-0.2, 0) is 17.8 Å². The van der Waals surface area contributed by atoms with Gasteiger partial charge in [0.15, 0.2) is 0 Å². The number of hydrogen-bond donors (Lipinski definition) is 2. The molecule has 2 aromatic heterocycles. The first-order valence-electron chi connectivity index (χ1n) is 6.83. The van der Waals surface area contributed by atoms with Gasteiger partial charge in [0.05, 0.1) is 20.9 Å². The van der Waals surface area contributed by atoms with E-state index in [1.807, 2.05) is 19.1 Å². The molecule has 1 aromatic carbocycles. The van der Waals surface area contributed by atoms with Crippen LogP contribution in [0.2, 0.25) is 0 Å². The molecule has 0 bridgehead atoms. The van der Waals surface area contributed by atoms with Crippen molar-refractivity contribution in [1.29, 1.82) is 0 Å². The zero-order chi connectivity index (χ0) is 14.8. The lowest BCUT2D eigenvalue weighted by Gasteiger charge is -2.04. The lowest BCUT2D eigenvalue weighted by Crippen LogP contribution is -2.11. The Labute approximate surface area is 126 Å². The third kappa shape index (κ3) is 2.54. The number of nitrogens with zero attached hydrogens (tertiary/aromatic N) is 2. The van der Waals surface area contributed by atoms with Crippen LogP contribution in [0.3, 0.4) is 0 Å². The van der Waals surface area contributed by atoms with E-state index < -0.39 is 0 Å². The van der Waals surface area contributed by atoms with E-state index in [4.69, 9.17) is 0 Å². The van der Waals surface area contributed by atoms with Gasteiger partial charge < -0.3 is 5.32 Å². The molecule has 108 valence electrons. The summed E-state index contributed by atoms with van der Waals surface area (Å²) in [6.45, 7) is 4.56. The Morgan fingerprint density at radius 1 is 1.43 bits per heavy atom. The van der Waals surface area contributed by atoms with E-state index in [0.717, 1.165) is 44.2 Å². The van der Waals surface area contributed by atoms with Crippen LogP contribution in [0.1, 0.15) is 23.2 Å². The summed E-state index contributed by atoms with van der Waals surface area (Å²) in [4.78, 5) is 15.0. The van der Waals surface area contributed by atoms with Crippen molar-refractivity contribution in [1.82, 2.24) is 20.5 Å². The Balaban J connectivity index is 2.08. The fourth-order valence-electron chi connectivity index (χ4n) is 2.45. The largest absolute Gasteiger partial charge is 0.354 e. The molecule has 0 aliphatic rings. The lowest BCUT2D eigenvalue weighted by molar-refractivity contribution is -0.109. The number of benzene rings is 1. The highest BCUT2D eigenvalue weighted by atomic mass is 32.1. The van der Waals surface area contributed by atoms with E-state index in [9.17, 15) is 4.79 Å². The van der Waals surface area contributed by atoms with Gasteiger partial charge in [0.1, 0.15) is 0 Å². The van der Waals surface area contributed by atoms with Crippen molar-refractivity contribution < 1.29 is 4.79 Å². The number of hydrogen-bond acceptors (Lipinski definition) is 4. The summed E-state index contributed by atoms with van der Waals surface area (Å²) < 4.78 is 1.15. The van der Waals surface area contributed by atoms with Crippen LogP contribution < -0.4 is 5.32 Å². The van der Waals surface area contributed by atoms with Crippen LogP contribution in [0.15, 0.2) is 18.2 Å². The van der Waals surface area contributed by atoms with Gasteiger partial charge in [-0.2, -0.15) is 5.10 Å². The number of rotatable bonds is 5. The minimum absolute atomic E-state index is 0.484. The maximum atomic E-state index is 10.6. The fourth-order valence-corrected chi connectivity index (χ4v) is 3.32. The summed E-state index contributed by atoms with van der Waals surface area (Å²) in [7, 11) is 0. The maximum absolute atomic E-state index is 10.6. The zero-order valence-electron chi connectivity index (χ0n) is 11.9. The van der Waals surface area contributed by atoms with Crippen molar-refractivity contribution in [3.05, 3.63) is 34.5 Å². The smallest absolute Gasteiger partial charge is 0.207 e. The third-order valence-electron chi connectivity index (χ3n) is 3.44. The molecular formula is C15H16N4OS. The second-order valence-electron chi connectivity index (χ2n) is 4.80. The highest BCUT2D eigenvalue weighted by molar-refractivity contribution is 7.18. The molecule has 0 unspecified atom stereocenters. The molecule has 21 heavy (non-hydrogen) atoms. The van der Waals surface area contributed by atoms with Gasteiger partial charge in [-0.15, -0.1) is 11.3 Å². The second kappa shape index (κ2) is 5.65. The van der Waals surface area contributed by atoms with Crippen LogP contribution in [0.25, 0.3) is 21.5 Å². The van der Waals surface area contributed by atoms with Crippen molar-refractivity contribution in [3.63, 3.8) is 0 Å². The van der Waals surface area contributed by atoms with Crippen LogP contribution in [0.5, 0.6) is 0 Å². The number of aromatic nitrogens is 3. The molecule has 0 aliphatic carbocycles. The van der Waals surface area contributed by atoms with E-state index in [-0.39, 0.29) is 0 Å². The number of amides is 1. The first-order valence-corrected chi connectivity index (χ1v) is 7.65. The number of aromatic amines is 1. The zero-order valence-corrected chi connectivity index (χ0v) is 12.8. The summed E-state index contributed by atoms with van der Waals surface area (Å²) in [6, 6.07) is 6.16. The first-order chi connectivity index (χ1) is 10.2. The van der Waals surface area contributed by atoms with Crippen LogP contribution in [-0.4, -0.2) is 21.6 Å². The third-order valence-corrected chi connectivity index (χ3v) is 4.37. The molecule has 1 amide bonds. The molecule has 2 N–H and O–H groups in total. The molecule has 0 saturated heterocycles. The Kier molecular flexibility index (Phi) is 3.70. The van der Waals surface area contributed by atoms with Gasteiger partial charge in [0.2, 0.25) is 6.41 Å². The van der Waals surface area contributed by atoms with Gasteiger partial charge in [-0.25, -0.2) is 4.98 Å². The monoisotopic (exact) mass is 300 g/mol. The first kappa shape index (κ1) is 13.8. The number of carbonyl (C=O) groups is 1. The number of fused-ring (bicyclic) bond motifs is 1. The van der Waals surface area contributed by atoms with E-state index in [0.29, 0.717) is 13.0 Å². The van der Waals surface area contributed by atoms with E-state index in [1.165, 1.54) is 0 Å². The predicted octanol–water partition coefficient (Wildman–Crippen LogP) is 2.80. The summed E-state index contributed by atoms with van der Waals surface area (Å²) in [5, 5.41) is 11.3. The molecule has 0 saturated carbocycles. The Morgan fingerprint density at radius 2 is 2.29 bits per heavy atom. The highest BCUT2D eigenvalue weighted by Crippen LogP contribution is 2.30. The fraction of sp³-hybridized carbons (Fsp3) is 0.267. The summed E-state index contributed by atoms with van der Waals surface area (Å²) in [6.07, 6.45) is 1.57. The molecular weight excluding hydrogens is 284 g/mol. The van der Waals surface area contributed by atoms with Crippen molar-refractivity contribution in [3.8, 4) is 11.3 Å². The van der Waals surface area contributed by atoms with Gasteiger partial charge in [-0.1, -0.05) is 13.0 Å². The highest BCUT2D eigenvalue weighted by Gasteiger charge is 2.14. The van der Waals surface area contributed by atoms with Crippen LogP contribution >= 0.6 is 11.3 Å². The number of nitrogens with one attached hydrogen (secondary N) is 2. The standard InChI is InChI=1S/C15H16N4OS/c1-3-12-11(7-16-8-20)15(19-18-12)10-4-5-13-14(6-10)21-9(2)17-13/h4-6,8H,3,7H2,1-2H3,(H,16,20)(H,18,19). The Morgan fingerprint density at radius 3 is 3.05 bits per heavy atom. The summed E-state index contributed by atoms with van der Waals surface area (Å²) >= 11 is 1.68. The molecule has 3 aromatic rings. The van der Waals surface area contributed by atoms with Gasteiger partial charge in [0.25, 0.3) is 0 Å². The molecule has 0 radical (unpaired) electrons. The minimum Gasteiger partial charge on any atom is -0.354 e. The summed E-state index contributed by atoms with van der Waals surface area (Å²) in [5.41, 5.74) is 5.06. The Bertz CT molecular complexity index is 790. The van der Waals surface area contributed by atoms with Gasteiger partial charge in [-0.05, 0) is 25.5 Å². The lowest BCUT2D eigenvalue weighted by atomic mass is 10.0. The minimum atomic E-state index is 0.484. The maximum Gasteiger partial charge on any atom is 0.207 e. The molecule has 2 heterocycles. The number of aryl methyl sites for hydroxylation is 2. The molecule has 0 aliphatic heterocycles. The average molecular weight is 300 g/mol. The topological polar surface area (TPSA) is 70.7 Å². The molecule has 0 spiro atoms. The molecule has 0 fully saturated rings. The Hall–Kier alpha value is -2.21. The van der Waals surface area contributed by atoms with Crippen molar-refractivity contribution >= 4 is 28.0 Å². The van der Waals surface area contributed by atoms with Crippen molar-refractivity contribution in [2.45, 2.75) is 26.8 Å². The van der Waals surface area contributed by atoms with Crippen LogP contribution in [0, 0.1) is 6.92 Å². The molecule has 3 rings (SSSR count). The molecule has 0 atom stereocenters. The second-order valence-corrected chi connectivity index (χ2v) is 6.03. The van der Waals surface area contributed by atoms with E-state index in [2.05, 4.69) is 33.5 Å². The number of carbonyl (C=O) groups excluding carboxylic acids is 1. The van der Waals surface area contributed by atoms with E-state index >= 15 is 0 Å². The summed E-state index contributed by atoms with van der Waals surface area (Å²) in [5.74, 6) is 0. The van der Waals surface area contributed by atoms with Crippen LogP contribution in [0.4, 0.5) is 0 Å². The number of H-pyrrole nitrogens is 1. The molecule has 5 nitrogen and oxygen atoms in total. The quantitative estimate of drug-likeness (QED) is 0.712.